The minimum Gasteiger partial charge on any atom is -0.307 e. The number of fused-ring (bicyclic) bond motifs is 1. The molecule has 0 saturated heterocycles. The minimum atomic E-state index is -3.54. The third-order valence-corrected chi connectivity index (χ3v) is 6.88. The van der Waals surface area contributed by atoms with Crippen LogP contribution in [0.1, 0.15) is 15.9 Å². The predicted octanol–water partition coefficient (Wildman–Crippen LogP) is 3.59. The van der Waals surface area contributed by atoms with Gasteiger partial charge >= 0.3 is 0 Å². The third-order valence-electron chi connectivity index (χ3n) is 5.05. The number of hydrogen-bond acceptors (Lipinski definition) is 4. The van der Waals surface area contributed by atoms with Gasteiger partial charge in [-0.1, -0.05) is 42.5 Å². The van der Waals surface area contributed by atoms with Gasteiger partial charge in [-0.2, -0.15) is 5.10 Å². The lowest BCUT2D eigenvalue weighted by atomic mass is 10.0. The second-order valence-corrected chi connectivity index (χ2v) is 9.43. The molecule has 0 spiro atoms. The molecule has 31 heavy (non-hydrogen) atoms. The normalized spacial score (nSPS) is 11.7. The molecular formula is C23H22N4O3S. The summed E-state index contributed by atoms with van der Waals surface area (Å²) in [5.74, 6) is 0.219. The summed E-state index contributed by atoms with van der Waals surface area (Å²) >= 11 is 0. The van der Waals surface area contributed by atoms with Crippen molar-refractivity contribution in [1.29, 1.82) is 0 Å². The third kappa shape index (κ3) is 4.21. The van der Waals surface area contributed by atoms with E-state index in [9.17, 15) is 13.2 Å². The van der Waals surface area contributed by atoms with Gasteiger partial charge in [0.25, 0.3) is 5.91 Å². The number of benzene rings is 3. The average molecular weight is 435 g/mol. The summed E-state index contributed by atoms with van der Waals surface area (Å²) in [6, 6.07) is 21.8. The van der Waals surface area contributed by atoms with E-state index in [1.165, 1.54) is 38.4 Å². The van der Waals surface area contributed by atoms with Crippen molar-refractivity contribution in [2.75, 3.05) is 19.4 Å². The highest BCUT2D eigenvalue weighted by Crippen LogP contribution is 2.21. The number of aromatic nitrogens is 2. The Morgan fingerprint density at radius 2 is 1.68 bits per heavy atom. The molecule has 0 aliphatic carbocycles. The number of sulfonamides is 1. The van der Waals surface area contributed by atoms with E-state index >= 15 is 0 Å². The SMILES string of the molecule is CN(C)S(=O)(=O)c1ccc(C(=O)Nc2ccnn2Cc2cccc3ccccc23)cc1. The van der Waals surface area contributed by atoms with Gasteiger partial charge < -0.3 is 5.32 Å². The summed E-state index contributed by atoms with van der Waals surface area (Å²) in [6.45, 7) is 0.504. The van der Waals surface area contributed by atoms with Gasteiger partial charge in [0.15, 0.2) is 0 Å². The van der Waals surface area contributed by atoms with Crippen molar-refractivity contribution in [2.45, 2.75) is 11.4 Å². The highest BCUT2D eigenvalue weighted by atomic mass is 32.2. The summed E-state index contributed by atoms with van der Waals surface area (Å²) in [4.78, 5) is 12.8. The summed E-state index contributed by atoms with van der Waals surface area (Å²) in [5, 5.41) is 9.48. The standard InChI is InChI=1S/C23H22N4O3S/c1-26(2)31(29,30)20-12-10-18(11-13-20)23(28)25-22-14-15-24-27(22)16-19-8-5-7-17-6-3-4-9-21(17)19/h3-15H,16H2,1-2H3,(H,25,28). The second-order valence-electron chi connectivity index (χ2n) is 7.28. The van der Waals surface area contributed by atoms with Crippen LogP contribution in [0.4, 0.5) is 5.82 Å². The van der Waals surface area contributed by atoms with E-state index < -0.39 is 10.0 Å². The van der Waals surface area contributed by atoms with Gasteiger partial charge in [0, 0.05) is 25.7 Å². The number of carbonyl (C=O) groups is 1. The average Bonchev–Trinajstić information content (AvgIpc) is 3.20. The van der Waals surface area contributed by atoms with Crippen molar-refractivity contribution >= 4 is 32.5 Å². The molecule has 3 aromatic carbocycles. The largest absolute Gasteiger partial charge is 0.307 e. The molecule has 0 aliphatic heterocycles. The Kier molecular flexibility index (Phi) is 5.58. The maximum Gasteiger partial charge on any atom is 0.256 e. The lowest BCUT2D eigenvalue weighted by molar-refractivity contribution is 0.102. The summed E-state index contributed by atoms with van der Waals surface area (Å²) in [5.41, 5.74) is 1.45. The van der Waals surface area contributed by atoms with Gasteiger partial charge in [0.1, 0.15) is 5.82 Å². The Bertz CT molecular complexity index is 1340. The van der Waals surface area contributed by atoms with Crippen LogP contribution in [0.2, 0.25) is 0 Å². The number of amides is 1. The Balaban J connectivity index is 1.54. The summed E-state index contributed by atoms with van der Waals surface area (Å²) in [7, 11) is -0.610. The first-order valence-electron chi connectivity index (χ1n) is 9.68. The molecule has 0 saturated carbocycles. The fourth-order valence-corrected chi connectivity index (χ4v) is 4.24. The lowest BCUT2D eigenvalue weighted by Crippen LogP contribution is -2.22. The predicted molar refractivity (Wildman–Crippen MR) is 121 cm³/mol. The fourth-order valence-electron chi connectivity index (χ4n) is 3.33. The summed E-state index contributed by atoms with van der Waals surface area (Å²) < 4.78 is 27.2. The van der Waals surface area contributed by atoms with Crippen LogP contribution in [0.25, 0.3) is 10.8 Å². The van der Waals surface area contributed by atoms with Crippen molar-refractivity contribution in [3.05, 3.63) is 90.1 Å². The van der Waals surface area contributed by atoms with Crippen molar-refractivity contribution in [2.24, 2.45) is 0 Å². The van der Waals surface area contributed by atoms with Gasteiger partial charge in [0.05, 0.1) is 17.6 Å². The maximum atomic E-state index is 12.7. The van der Waals surface area contributed by atoms with Crippen molar-refractivity contribution in [3.8, 4) is 0 Å². The minimum absolute atomic E-state index is 0.134. The molecular weight excluding hydrogens is 412 g/mol. The molecule has 0 radical (unpaired) electrons. The molecule has 8 heteroatoms. The smallest absolute Gasteiger partial charge is 0.256 e. The molecule has 0 fully saturated rings. The first kappa shape index (κ1) is 20.8. The molecule has 4 aromatic rings. The van der Waals surface area contributed by atoms with Crippen molar-refractivity contribution < 1.29 is 13.2 Å². The number of anilines is 1. The monoisotopic (exact) mass is 434 g/mol. The van der Waals surface area contributed by atoms with E-state index in [2.05, 4.69) is 28.6 Å². The molecule has 1 aromatic heterocycles. The Morgan fingerprint density at radius 3 is 2.42 bits per heavy atom. The van der Waals surface area contributed by atoms with Crippen molar-refractivity contribution in [3.63, 3.8) is 0 Å². The van der Waals surface area contributed by atoms with Gasteiger partial charge in [0.2, 0.25) is 10.0 Å². The first-order valence-corrected chi connectivity index (χ1v) is 11.1. The molecule has 0 unspecified atom stereocenters. The van der Waals surface area contributed by atoms with Crippen LogP contribution in [-0.2, 0) is 16.6 Å². The number of rotatable bonds is 6. The quantitative estimate of drug-likeness (QED) is 0.503. The van der Waals surface area contributed by atoms with Gasteiger partial charge in [-0.25, -0.2) is 17.4 Å². The number of nitrogens with one attached hydrogen (secondary N) is 1. The van der Waals surface area contributed by atoms with Crippen LogP contribution in [0.15, 0.2) is 83.9 Å². The Hall–Kier alpha value is -3.49. The highest BCUT2D eigenvalue weighted by molar-refractivity contribution is 7.89. The molecule has 158 valence electrons. The topological polar surface area (TPSA) is 84.3 Å². The van der Waals surface area contributed by atoms with Gasteiger partial charge in [-0.05, 0) is 40.6 Å². The molecule has 1 amide bonds. The second kappa shape index (κ2) is 8.33. The zero-order valence-corrected chi connectivity index (χ0v) is 18.0. The maximum absolute atomic E-state index is 12.7. The molecule has 0 aliphatic rings. The zero-order valence-electron chi connectivity index (χ0n) is 17.2. The van der Waals surface area contributed by atoms with E-state index in [-0.39, 0.29) is 10.8 Å². The number of carbonyl (C=O) groups excluding carboxylic acids is 1. The van der Waals surface area contributed by atoms with Crippen LogP contribution >= 0.6 is 0 Å². The molecule has 1 heterocycles. The van der Waals surface area contributed by atoms with Gasteiger partial charge in [-0.15, -0.1) is 0 Å². The van der Waals surface area contributed by atoms with Crippen LogP contribution in [0.5, 0.6) is 0 Å². The Labute approximate surface area is 181 Å². The number of nitrogens with zero attached hydrogens (tertiary/aromatic N) is 3. The molecule has 7 nitrogen and oxygen atoms in total. The highest BCUT2D eigenvalue weighted by Gasteiger charge is 2.18. The molecule has 0 atom stereocenters. The van der Waals surface area contributed by atoms with E-state index in [0.29, 0.717) is 17.9 Å². The molecule has 4 rings (SSSR count). The zero-order chi connectivity index (χ0) is 22.0. The van der Waals surface area contributed by atoms with E-state index in [1.54, 1.807) is 16.9 Å². The molecule has 1 N–H and O–H groups in total. The van der Waals surface area contributed by atoms with Crippen LogP contribution in [0, 0.1) is 0 Å². The number of hydrogen-bond donors (Lipinski definition) is 1. The fraction of sp³-hybridized carbons (Fsp3) is 0.130. The van der Waals surface area contributed by atoms with E-state index in [0.717, 1.165) is 20.6 Å². The van der Waals surface area contributed by atoms with E-state index in [4.69, 9.17) is 0 Å². The lowest BCUT2D eigenvalue weighted by Gasteiger charge is -2.12. The Morgan fingerprint density at radius 1 is 0.968 bits per heavy atom. The van der Waals surface area contributed by atoms with Crippen LogP contribution in [-0.4, -0.2) is 42.5 Å². The molecule has 0 bridgehead atoms. The van der Waals surface area contributed by atoms with Gasteiger partial charge in [-0.3, -0.25) is 4.79 Å². The van der Waals surface area contributed by atoms with Crippen LogP contribution in [0.3, 0.4) is 0 Å². The van der Waals surface area contributed by atoms with Crippen LogP contribution < -0.4 is 5.32 Å². The summed E-state index contributed by atoms with van der Waals surface area (Å²) in [6.07, 6.45) is 1.63. The van der Waals surface area contributed by atoms with E-state index in [1.807, 2.05) is 24.3 Å². The first-order chi connectivity index (χ1) is 14.9. The van der Waals surface area contributed by atoms with Crippen molar-refractivity contribution in [1.82, 2.24) is 14.1 Å².